The van der Waals surface area contributed by atoms with Crippen molar-refractivity contribution in [3.05, 3.63) is 0 Å². The summed E-state index contributed by atoms with van der Waals surface area (Å²) in [4.78, 5) is 10.8. The molecule has 1 fully saturated rings. The van der Waals surface area contributed by atoms with E-state index in [1.807, 2.05) is 6.92 Å². The molecule has 1 aliphatic carbocycles. The molecule has 0 aromatic heterocycles. The lowest BCUT2D eigenvalue weighted by Crippen LogP contribution is -2.34. The maximum Gasteiger partial charge on any atom is 0.220 e. The van der Waals surface area contributed by atoms with Crippen LogP contribution in [0.25, 0.3) is 0 Å². The van der Waals surface area contributed by atoms with E-state index in [-0.39, 0.29) is 17.9 Å². The molecule has 3 nitrogen and oxygen atoms in total. The van der Waals surface area contributed by atoms with Gasteiger partial charge < -0.3 is 11.5 Å². The molecule has 4 N–H and O–H groups in total. The molecule has 1 rings (SSSR count). The first-order valence-corrected chi connectivity index (χ1v) is 4.66. The van der Waals surface area contributed by atoms with E-state index in [1.54, 1.807) is 0 Å². The third-order valence-corrected chi connectivity index (χ3v) is 2.92. The average molecular weight is 170 g/mol. The first kappa shape index (κ1) is 9.52. The van der Waals surface area contributed by atoms with Gasteiger partial charge in [-0.25, -0.2) is 0 Å². The number of carbonyl (C=O) groups excluding carboxylic acids is 1. The van der Waals surface area contributed by atoms with Crippen molar-refractivity contribution < 1.29 is 4.79 Å². The maximum absolute atomic E-state index is 10.8. The van der Waals surface area contributed by atoms with Gasteiger partial charge in [-0.05, 0) is 38.5 Å². The fourth-order valence-electron chi connectivity index (χ4n) is 1.93. The van der Waals surface area contributed by atoms with Gasteiger partial charge in [0, 0.05) is 12.0 Å². The normalized spacial score (nSPS) is 32.8. The SMILES string of the molecule is CC(N)C1CCC(C(N)=O)CC1. The largest absolute Gasteiger partial charge is 0.369 e. The first-order chi connectivity index (χ1) is 5.61. The van der Waals surface area contributed by atoms with Crippen LogP contribution in [0.2, 0.25) is 0 Å². The van der Waals surface area contributed by atoms with Gasteiger partial charge in [0.1, 0.15) is 0 Å². The van der Waals surface area contributed by atoms with Crippen molar-refractivity contribution in [3.8, 4) is 0 Å². The van der Waals surface area contributed by atoms with Gasteiger partial charge in [-0.1, -0.05) is 0 Å². The van der Waals surface area contributed by atoms with Crippen LogP contribution < -0.4 is 11.5 Å². The van der Waals surface area contributed by atoms with Crippen molar-refractivity contribution in [1.82, 2.24) is 0 Å². The molecule has 1 atom stereocenters. The first-order valence-electron chi connectivity index (χ1n) is 4.66. The molecule has 70 valence electrons. The lowest BCUT2D eigenvalue weighted by atomic mass is 9.79. The second kappa shape index (κ2) is 3.90. The Labute approximate surface area is 73.5 Å². The van der Waals surface area contributed by atoms with Crippen molar-refractivity contribution in [3.63, 3.8) is 0 Å². The molecule has 0 aromatic carbocycles. The molecule has 0 aliphatic heterocycles. The Morgan fingerprint density at radius 2 is 1.83 bits per heavy atom. The highest BCUT2D eigenvalue weighted by Gasteiger charge is 2.26. The zero-order chi connectivity index (χ0) is 9.14. The van der Waals surface area contributed by atoms with E-state index in [0.717, 1.165) is 25.7 Å². The van der Waals surface area contributed by atoms with Crippen molar-refractivity contribution in [2.24, 2.45) is 23.3 Å². The molecule has 0 heterocycles. The molecule has 12 heavy (non-hydrogen) atoms. The van der Waals surface area contributed by atoms with Crippen molar-refractivity contribution >= 4 is 5.91 Å². The molecule has 0 bridgehead atoms. The molecule has 3 heteroatoms. The van der Waals surface area contributed by atoms with Crippen molar-refractivity contribution in [2.75, 3.05) is 0 Å². The van der Waals surface area contributed by atoms with Crippen LogP contribution in [-0.2, 0) is 4.79 Å². The van der Waals surface area contributed by atoms with Gasteiger partial charge in [0.25, 0.3) is 0 Å². The zero-order valence-corrected chi connectivity index (χ0v) is 7.62. The van der Waals surface area contributed by atoms with Gasteiger partial charge in [-0.15, -0.1) is 0 Å². The van der Waals surface area contributed by atoms with E-state index in [9.17, 15) is 4.79 Å². The summed E-state index contributed by atoms with van der Waals surface area (Å²) in [6, 6.07) is 0.263. The number of nitrogens with two attached hydrogens (primary N) is 2. The van der Waals surface area contributed by atoms with Crippen LogP contribution in [0.3, 0.4) is 0 Å². The molecule has 0 radical (unpaired) electrons. The highest BCUT2D eigenvalue weighted by molar-refractivity contribution is 5.76. The number of hydrogen-bond acceptors (Lipinski definition) is 2. The smallest absolute Gasteiger partial charge is 0.220 e. The van der Waals surface area contributed by atoms with Crippen LogP contribution in [0.15, 0.2) is 0 Å². The number of rotatable bonds is 2. The summed E-state index contributed by atoms with van der Waals surface area (Å²) in [5.74, 6) is 0.568. The lowest BCUT2D eigenvalue weighted by Gasteiger charge is -2.28. The highest BCUT2D eigenvalue weighted by atomic mass is 16.1. The molecule has 1 unspecified atom stereocenters. The molecule has 0 aromatic rings. The summed E-state index contributed by atoms with van der Waals surface area (Å²) in [6.45, 7) is 2.04. The van der Waals surface area contributed by atoms with E-state index >= 15 is 0 Å². The minimum Gasteiger partial charge on any atom is -0.369 e. The van der Waals surface area contributed by atoms with Gasteiger partial charge in [-0.3, -0.25) is 4.79 Å². The topological polar surface area (TPSA) is 69.1 Å². The second-order valence-corrected chi connectivity index (χ2v) is 3.87. The minimum absolute atomic E-state index is 0.111. The van der Waals surface area contributed by atoms with Gasteiger partial charge >= 0.3 is 0 Å². The summed E-state index contributed by atoms with van der Waals surface area (Å²) in [5.41, 5.74) is 11.0. The van der Waals surface area contributed by atoms with Crippen LogP contribution in [0, 0.1) is 11.8 Å². The third kappa shape index (κ3) is 2.21. The number of amides is 1. The van der Waals surface area contributed by atoms with E-state index in [0.29, 0.717) is 5.92 Å². The van der Waals surface area contributed by atoms with Crippen molar-refractivity contribution in [1.29, 1.82) is 0 Å². The lowest BCUT2D eigenvalue weighted by molar-refractivity contribution is -0.123. The van der Waals surface area contributed by atoms with Gasteiger partial charge in [0.05, 0.1) is 0 Å². The third-order valence-electron chi connectivity index (χ3n) is 2.92. The monoisotopic (exact) mass is 170 g/mol. The fourth-order valence-corrected chi connectivity index (χ4v) is 1.93. The fraction of sp³-hybridized carbons (Fsp3) is 0.889. The van der Waals surface area contributed by atoms with Gasteiger partial charge in [0.15, 0.2) is 0 Å². The minimum atomic E-state index is -0.141. The number of hydrogen-bond donors (Lipinski definition) is 2. The number of primary amides is 1. The molecular formula is C9H18N2O. The molecule has 1 amide bonds. The molecule has 0 spiro atoms. The van der Waals surface area contributed by atoms with E-state index < -0.39 is 0 Å². The quantitative estimate of drug-likeness (QED) is 0.638. The summed E-state index contributed by atoms with van der Waals surface area (Å²) >= 11 is 0. The van der Waals surface area contributed by atoms with Crippen LogP contribution in [0.5, 0.6) is 0 Å². The maximum atomic E-state index is 10.8. The summed E-state index contributed by atoms with van der Waals surface area (Å²) < 4.78 is 0. The summed E-state index contributed by atoms with van der Waals surface area (Å²) in [7, 11) is 0. The van der Waals surface area contributed by atoms with E-state index in [2.05, 4.69) is 0 Å². The number of carbonyl (C=O) groups is 1. The predicted molar refractivity (Wildman–Crippen MR) is 48.3 cm³/mol. The molecule has 0 saturated heterocycles. The molecule has 1 aliphatic rings. The van der Waals surface area contributed by atoms with Gasteiger partial charge in [-0.2, -0.15) is 0 Å². The Morgan fingerprint density at radius 3 is 2.17 bits per heavy atom. The second-order valence-electron chi connectivity index (χ2n) is 3.87. The van der Waals surface area contributed by atoms with Crippen LogP contribution in [0.1, 0.15) is 32.6 Å². The predicted octanol–water partition coefficient (Wildman–Crippen LogP) is 0.625. The summed E-state index contributed by atoms with van der Waals surface area (Å²) in [6.07, 6.45) is 3.99. The highest BCUT2D eigenvalue weighted by Crippen LogP contribution is 2.29. The Kier molecular flexibility index (Phi) is 3.09. The van der Waals surface area contributed by atoms with Crippen molar-refractivity contribution in [2.45, 2.75) is 38.6 Å². The van der Waals surface area contributed by atoms with Gasteiger partial charge in [0.2, 0.25) is 5.91 Å². The van der Waals surface area contributed by atoms with Crippen LogP contribution in [-0.4, -0.2) is 11.9 Å². The van der Waals surface area contributed by atoms with E-state index in [1.165, 1.54) is 0 Å². The standard InChI is InChI=1S/C9H18N2O/c1-6(10)7-2-4-8(5-3-7)9(11)12/h6-8H,2-5,10H2,1H3,(H2,11,12). The molecule has 1 saturated carbocycles. The van der Waals surface area contributed by atoms with Crippen LogP contribution in [0.4, 0.5) is 0 Å². The Balaban J connectivity index is 2.34. The average Bonchev–Trinajstić information content (AvgIpc) is 2.04. The Morgan fingerprint density at radius 1 is 1.33 bits per heavy atom. The zero-order valence-electron chi connectivity index (χ0n) is 7.62. The van der Waals surface area contributed by atoms with E-state index in [4.69, 9.17) is 11.5 Å². The van der Waals surface area contributed by atoms with Crippen LogP contribution >= 0.6 is 0 Å². The Hall–Kier alpha value is -0.570. The Bertz CT molecular complexity index is 160. The molecular weight excluding hydrogens is 152 g/mol. The summed E-state index contributed by atoms with van der Waals surface area (Å²) in [5, 5.41) is 0.